The summed E-state index contributed by atoms with van der Waals surface area (Å²) < 4.78 is 5.29. The fourth-order valence-electron chi connectivity index (χ4n) is 0.999. The molecule has 2 heterocycles. The van der Waals surface area contributed by atoms with E-state index >= 15 is 0 Å². The van der Waals surface area contributed by atoms with E-state index in [0.29, 0.717) is 22.1 Å². The molecule has 0 aliphatic heterocycles. The Kier molecular flexibility index (Phi) is 1.73. The summed E-state index contributed by atoms with van der Waals surface area (Å²) in [5.74, 6) is 0.672. The summed E-state index contributed by atoms with van der Waals surface area (Å²) in [6.07, 6.45) is 2.36. The number of aryl methyl sites for hydroxylation is 1. The molecule has 0 fully saturated rings. The SMILES string of the molecule is CCc1nc2c(Cl)ccnc2o1. The Morgan fingerprint density at radius 2 is 2.42 bits per heavy atom. The Labute approximate surface area is 74.4 Å². The van der Waals surface area contributed by atoms with Crippen molar-refractivity contribution in [2.24, 2.45) is 0 Å². The minimum Gasteiger partial charge on any atom is -0.422 e. The van der Waals surface area contributed by atoms with E-state index in [-0.39, 0.29) is 0 Å². The largest absolute Gasteiger partial charge is 0.422 e. The zero-order valence-corrected chi connectivity index (χ0v) is 7.30. The fraction of sp³-hybridized carbons (Fsp3) is 0.250. The third-order valence-corrected chi connectivity index (χ3v) is 1.90. The van der Waals surface area contributed by atoms with Crippen LogP contribution in [0, 0.1) is 0 Å². The molecule has 0 N–H and O–H groups in total. The molecule has 2 rings (SSSR count). The molecule has 3 nitrogen and oxygen atoms in total. The summed E-state index contributed by atoms with van der Waals surface area (Å²) in [6.45, 7) is 1.97. The van der Waals surface area contributed by atoms with Gasteiger partial charge in [0.2, 0.25) is 5.71 Å². The Bertz CT molecular complexity index is 410. The van der Waals surface area contributed by atoms with E-state index in [1.165, 1.54) is 0 Å². The van der Waals surface area contributed by atoms with Crippen molar-refractivity contribution in [1.29, 1.82) is 0 Å². The van der Waals surface area contributed by atoms with Crippen LogP contribution in [0.4, 0.5) is 0 Å². The van der Waals surface area contributed by atoms with E-state index in [2.05, 4.69) is 9.97 Å². The number of halogens is 1. The van der Waals surface area contributed by atoms with Crippen LogP contribution in [0.3, 0.4) is 0 Å². The van der Waals surface area contributed by atoms with Crippen LogP contribution in [0.2, 0.25) is 5.02 Å². The van der Waals surface area contributed by atoms with E-state index in [1.807, 2.05) is 6.92 Å². The van der Waals surface area contributed by atoms with Crippen molar-refractivity contribution in [3.05, 3.63) is 23.2 Å². The topological polar surface area (TPSA) is 38.9 Å². The smallest absolute Gasteiger partial charge is 0.248 e. The van der Waals surface area contributed by atoms with Crippen molar-refractivity contribution in [2.45, 2.75) is 13.3 Å². The normalized spacial score (nSPS) is 10.8. The van der Waals surface area contributed by atoms with E-state index in [1.54, 1.807) is 12.3 Å². The molecule has 0 bridgehead atoms. The summed E-state index contributed by atoms with van der Waals surface area (Å²) in [7, 11) is 0. The van der Waals surface area contributed by atoms with Gasteiger partial charge in [-0.1, -0.05) is 18.5 Å². The lowest BCUT2D eigenvalue weighted by molar-refractivity contribution is 0.529. The van der Waals surface area contributed by atoms with Crippen LogP contribution in [0.25, 0.3) is 11.2 Å². The highest BCUT2D eigenvalue weighted by Gasteiger charge is 2.07. The van der Waals surface area contributed by atoms with Gasteiger partial charge in [0.25, 0.3) is 0 Å². The molecule has 0 saturated heterocycles. The van der Waals surface area contributed by atoms with Gasteiger partial charge in [0, 0.05) is 12.6 Å². The summed E-state index contributed by atoms with van der Waals surface area (Å²) in [5.41, 5.74) is 1.16. The predicted octanol–water partition coefficient (Wildman–Crippen LogP) is 2.44. The second-order valence-corrected chi connectivity index (χ2v) is 2.81. The van der Waals surface area contributed by atoms with Gasteiger partial charge in [-0.15, -0.1) is 0 Å². The molecule has 0 aliphatic carbocycles. The highest BCUT2D eigenvalue weighted by Crippen LogP contribution is 2.21. The van der Waals surface area contributed by atoms with Crippen LogP contribution >= 0.6 is 11.6 Å². The summed E-state index contributed by atoms with van der Waals surface area (Å²) in [6, 6.07) is 1.70. The van der Waals surface area contributed by atoms with Gasteiger partial charge in [-0.3, -0.25) is 0 Å². The summed E-state index contributed by atoms with van der Waals surface area (Å²) >= 11 is 5.86. The third kappa shape index (κ3) is 1.06. The minimum absolute atomic E-state index is 0.513. The van der Waals surface area contributed by atoms with Crippen LogP contribution in [0.15, 0.2) is 16.7 Å². The molecule has 0 amide bonds. The van der Waals surface area contributed by atoms with Gasteiger partial charge in [-0.25, -0.2) is 9.97 Å². The minimum atomic E-state index is 0.513. The summed E-state index contributed by atoms with van der Waals surface area (Å²) in [5, 5.41) is 0.587. The fourth-order valence-corrected chi connectivity index (χ4v) is 1.18. The van der Waals surface area contributed by atoms with Crippen molar-refractivity contribution < 1.29 is 4.42 Å². The molecular formula is C8H7ClN2O. The number of oxazole rings is 1. The summed E-state index contributed by atoms with van der Waals surface area (Å²) in [4.78, 5) is 8.17. The van der Waals surface area contributed by atoms with Gasteiger partial charge in [0.1, 0.15) is 5.52 Å². The Hall–Kier alpha value is -1.09. The second kappa shape index (κ2) is 2.75. The number of hydrogen-bond acceptors (Lipinski definition) is 3. The first-order chi connectivity index (χ1) is 5.81. The molecule has 2 aromatic heterocycles. The molecule has 0 atom stereocenters. The van der Waals surface area contributed by atoms with Gasteiger partial charge in [-0.2, -0.15) is 0 Å². The maximum absolute atomic E-state index is 5.86. The van der Waals surface area contributed by atoms with Gasteiger partial charge >= 0.3 is 0 Å². The highest BCUT2D eigenvalue weighted by atomic mass is 35.5. The van der Waals surface area contributed by atoms with Crippen LogP contribution in [0.5, 0.6) is 0 Å². The van der Waals surface area contributed by atoms with E-state index in [4.69, 9.17) is 16.0 Å². The number of pyridine rings is 1. The van der Waals surface area contributed by atoms with Crippen molar-refractivity contribution in [1.82, 2.24) is 9.97 Å². The highest BCUT2D eigenvalue weighted by molar-refractivity contribution is 6.34. The maximum Gasteiger partial charge on any atom is 0.248 e. The second-order valence-electron chi connectivity index (χ2n) is 2.41. The lowest BCUT2D eigenvalue weighted by atomic mass is 10.4. The van der Waals surface area contributed by atoms with Crippen LogP contribution < -0.4 is 0 Å². The van der Waals surface area contributed by atoms with Crippen LogP contribution in [0.1, 0.15) is 12.8 Å². The van der Waals surface area contributed by atoms with Crippen molar-refractivity contribution in [3.8, 4) is 0 Å². The average molecular weight is 183 g/mol. The Morgan fingerprint density at radius 3 is 3.08 bits per heavy atom. The maximum atomic E-state index is 5.86. The van der Waals surface area contributed by atoms with Gasteiger partial charge < -0.3 is 4.42 Å². The van der Waals surface area contributed by atoms with Crippen molar-refractivity contribution in [2.75, 3.05) is 0 Å². The first-order valence-corrected chi connectivity index (χ1v) is 4.09. The Morgan fingerprint density at radius 1 is 1.58 bits per heavy atom. The average Bonchev–Trinajstić information content (AvgIpc) is 2.49. The predicted molar refractivity (Wildman–Crippen MR) is 46.2 cm³/mol. The molecular weight excluding hydrogens is 176 g/mol. The zero-order chi connectivity index (χ0) is 8.55. The van der Waals surface area contributed by atoms with E-state index in [9.17, 15) is 0 Å². The monoisotopic (exact) mass is 182 g/mol. The molecule has 0 unspecified atom stereocenters. The molecule has 0 saturated carbocycles. The molecule has 0 radical (unpaired) electrons. The first kappa shape index (κ1) is 7.55. The van der Waals surface area contributed by atoms with E-state index in [0.717, 1.165) is 6.42 Å². The van der Waals surface area contributed by atoms with Crippen molar-refractivity contribution >= 4 is 22.8 Å². The molecule has 4 heteroatoms. The van der Waals surface area contributed by atoms with Crippen molar-refractivity contribution in [3.63, 3.8) is 0 Å². The molecule has 12 heavy (non-hydrogen) atoms. The molecule has 0 spiro atoms. The lowest BCUT2D eigenvalue weighted by Crippen LogP contribution is -1.76. The Balaban J connectivity index is 2.74. The first-order valence-electron chi connectivity index (χ1n) is 3.71. The van der Waals surface area contributed by atoms with Gasteiger partial charge in [0.15, 0.2) is 5.89 Å². The molecule has 0 aromatic carbocycles. The van der Waals surface area contributed by atoms with Gasteiger partial charge in [-0.05, 0) is 6.07 Å². The van der Waals surface area contributed by atoms with Crippen LogP contribution in [-0.2, 0) is 6.42 Å². The standard InChI is InChI=1S/C8H7ClN2O/c1-2-6-11-7-5(9)3-4-10-8(7)12-6/h3-4H,2H2,1H3. The van der Waals surface area contributed by atoms with Crippen LogP contribution in [-0.4, -0.2) is 9.97 Å². The number of aromatic nitrogens is 2. The molecule has 0 aliphatic rings. The van der Waals surface area contributed by atoms with E-state index < -0.39 is 0 Å². The molecule has 2 aromatic rings. The lowest BCUT2D eigenvalue weighted by Gasteiger charge is -1.85. The van der Waals surface area contributed by atoms with Gasteiger partial charge in [0.05, 0.1) is 5.02 Å². The zero-order valence-electron chi connectivity index (χ0n) is 6.54. The number of rotatable bonds is 1. The quantitative estimate of drug-likeness (QED) is 0.680. The molecule has 62 valence electrons. The number of nitrogens with zero attached hydrogens (tertiary/aromatic N) is 2. The number of hydrogen-bond donors (Lipinski definition) is 0. The third-order valence-electron chi connectivity index (χ3n) is 1.59. The number of fused-ring (bicyclic) bond motifs is 1.